The summed E-state index contributed by atoms with van der Waals surface area (Å²) in [7, 11) is 1.73. The van der Waals surface area contributed by atoms with Crippen LogP contribution in [-0.2, 0) is 16.1 Å². The molecule has 144 valence electrons. The van der Waals surface area contributed by atoms with Gasteiger partial charge in [0.2, 0.25) is 0 Å². The van der Waals surface area contributed by atoms with Crippen LogP contribution < -0.4 is 5.32 Å². The van der Waals surface area contributed by atoms with Crippen LogP contribution in [0.4, 0.5) is 10.5 Å². The second-order valence-corrected chi connectivity index (χ2v) is 6.39. The second kappa shape index (κ2) is 8.70. The predicted molar refractivity (Wildman–Crippen MR) is 98.4 cm³/mol. The van der Waals surface area contributed by atoms with E-state index in [2.05, 4.69) is 5.32 Å². The predicted octanol–water partition coefficient (Wildman–Crippen LogP) is 2.40. The zero-order valence-corrected chi connectivity index (χ0v) is 15.1. The van der Waals surface area contributed by atoms with Gasteiger partial charge in [0.25, 0.3) is 0 Å². The molecule has 1 saturated heterocycles. The summed E-state index contributed by atoms with van der Waals surface area (Å²) in [5.74, 6) is -0.257. The van der Waals surface area contributed by atoms with E-state index >= 15 is 0 Å². The Hall–Kier alpha value is -2.84. The minimum atomic E-state index is -0.950. The van der Waals surface area contributed by atoms with Crippen molar-refractivity contribution in [3.05, 3.63) is 54.0 Å². The van der Waals surface area contributed by atoms with Crippen molar-refractivity contribution in [3.8, 4) is 0 Å². The minimum absolute atomic E-state index is 0.184. The number of carbonyl (C=O) groups excluding carboxylic acids is 1. The van der Waals surface area contributed by atoms with Gasteiger partial charge in [-0.15, -0.1) is 0 Å². The molecule has 2 heterocycles. The van der Waals surface area contributed by atoms with E-state index in [1.54, 1.807) is 59.5 Å². The molecule has 0 saturated carbocycles. The number of morpholine rings is 1. The summed E-state index contributed by atoms with van der Waals surface area (Å²) in [5.41, 5.74) is 1.24. The third-order valence-electron chi connectivity index (χ3n) is 4.44. The lowest BCUT2D eigenvalue weighted by atomic mass is 10.1. The first-order valence-corrected chi connectivity index (χ1v) is 8.73. The van der Waals surface area contributed by atoms with E-state index < -0.39 is 12.0 Å². The Balaban J connectivity index is 1.66. The minimum Gasteiger partial charge on any atom is -0.480 e. The number of anilines is 1. The third kappa shape index (κ3) is 4.87. The van der Waals surface area contributed by atoms with Crippen LogP contribution in [0.5, 0.6) is 0 Å². The normalized spacial score (nSPS) is 15.6. The number of amides is 2. The summed E-state index contributed by atoms with van der Waals surface area (Å²) in [6, 6.07) is 9.42. The van der Waals surface area contributed by atoms with Gasteiger partial charge in [-0.05, 0) is 36.9 Å². The maximum atomic E-state index is 12.2. The highest BCUT2D eigenvalue weighted by atomic mass is 16.5. The van der Waals surface area contributed by atoms with Crippen molar-refractivity contribution in [2.45, 2.75) is 12.6 Å². The fourth-order valence-corrected chi connectivity index (χ4v) is 3.04. The van der Waals surface area contributed by atoms with E-state index in [1.807, 2.05) is 0 Å². The Labute approximate surface area is 157 Å². The lowest BCUT2D eigenvalue weighted by molar-refractivity contribution is -0.143. The van der Waals surface area contributed by atoms with Crippen molar-refractivity contribution in [1.82, 2.24) is 9.80 Å². The number of benzene rings is 1. The van der Waals surface area contributed by atoms with Gasteiger partial charge in [0.05, 0.1) is 26.0 Å². The maximum absolute atomic E-state index is 12.2. The van der Waals surface area contributed by atoms with Gasteiger partial charge in [-0.25, -0.2) is 4.79 Å². The van der Waals surface area contributed by atoms with Gasteiger partial charge in [-0.3, -0.25) is 9.69 Å². The lowest BCUT2D eigenvalue weighted by Gasteiger charge is -2.27. The van der Waals surface area contributed by atoms with Crippen LogP contribution >= 0.6 is 0 Å². The zero-order valence-electron chi connectivity index (χ0n) is 15.1. The molecule has 1 aromatic heterocycles. The largest absolute Gasteiger partial charge is 0.480 e. The molecule has 1 aliphatic heterocycles. The fourth-order valence-electron chi connectivity index (χ4n) is 3.04. The number of carboxylic acids is 1. The van der Waals surface area contributed by atoms with Gasteiger partial charge in [-0.2, -0.15) is 0 Å². The molecule has 3 rings (SSSR count). The Morgan fingerprint density at radius 3 is 2.52 bits per heavy atom. The van der Waals surface area contributed by atoms with Crippen LogP contribution in [0.15, 0.2) is 47.1 Å². The third-order valence-corrected chi connectivity index (χ3v) is 4.44. The number of hydrogen-bond acceptors (Lipinski definition) is 5. The molecule has 2 N–H and O–H groups in total. The van der Waals surface area contributed by atoms with Crippen LogP contribution in [0.25, 0.3) is 0 Å². The van der Waals surface area contributed by atoms with Gasteiger partial charge >= 0.3 is 12.0 Å². The van der Waals surface area contributed by atoms with Gasteiger partial charge in [0.1, 0.15) is 11.8 Å². The van der Waals surface area contributed by atoms with E-state index in [1.165, 1.54) is 0 Å². The number of urea groups is 1. The molecule has 0 unspecified atom stereocenters. The molecule has 8 heteroatoms. The van der Waals surface area contributed by atoms with E-state index in [4.69, 9.17) is 9.15 Å². The molecule has 0 spiro atoms. The molecule has 27 heavy (non-hydrogen) atoms. The van der Waals surface area contributed by atoms with Gasteiger partial charge in [0.15, 0.2) is 0 Å². The van der Waals surface area contributed by atoms with E-state index in [0.29, 0.717) is 49.9 Å². The average molecular weight is 373 g/mol. The molecule has 0 bridgehead atoms. The molecule has 1 atom stereocenters. The molecule has 1 aromatic carbocycles. The van der Waals surface area contributed by atoms with Crippen molar-refractivity contribution in [2.24, 2.45) is 0 Å². The first-order chi connectivity index (χ1) is 13.0. The number of carbonyl (C=O) groups is 2. The second-order valence-electron chi connectivity index (χ2n) is 6.39. The van der Waals surface area contributed by atoms with E-state index in [0.717, 1.165) is 0 Å². The van der Waals surface area contributed by atoms with Crippen LogP contribution in [-0.4, -0.2) is 60.3 Å². The Morgan fingerprint density at radius 1 is 1.22 bits per heavy atom. The number of carboxylic acid groups (broad SMARTS) is 1. The fraction of sp³-hybridized carbons (Fsp3) is 0.368. The zero-order chi connectivity index (χ0) is 19.2. The molecule has 1 fully saturated rings. The number of rotatable bonds is 6. The molecule has 0 radical (unpaired) electrons. The molecular weight excluding hydrogens is 350 g/mol. The van der Waals surface area contributed by atoms with E-state index in [9.17, 15) is 14.7 Å². The Morgan fingerprint density at radius 2 is 1.93 bits per heavy atom. The lowest BCUT2D eigenvalue weighted by Crippen LogP contribution is -2.43. The molecule has 1 aliphatic rings. The average Bonchev–Trinajstić information content (AvgIpc) is 3.16. The molecular formula is C19H23N3O5. The Kier molecular flexibility index (Phi) is 6.10. The highest BCUT2D eigenvalue weighted by molar-refractivity contribution is 5.89. The van der Waals surface area contributed by atoms with Crippen LogP contribution in [0, 0.1) is 0 Å². The summed E-state index contributed by atoms with van der Waals surface area (Å²) in [5, 5.41) is 12.5. The van der Waals surface area contributed by atoms with Crippen molar-refractivity contribution in [1.29, 1.82) is 0 Å². The summed E-state index contributed by atoms with van der Waals surface area (Å²) in [6.07, 6.45) is 1.56. The van der Waals surface area contributed by atoms with Crippen molar-refractivity contribution in [3.63, 3.8) is 0 Å². The summed E-state index contributed by atoms with van der Waals surface area (Å²) >= 11 is 0. The number of nitrogens with zero attached hydrogens (tertiary/aromatic N) is 2. The molecule has 2 aromatic rings. The highest BCUT2D eigenvalue weighted by Crippen LogP contribution is 2.23. The molecule has 2 amide bonds. The quantitative estimate of drug-likeness (QED) is 0.807. The standard InChI is InChI=1S/C19H23N3O5/c1-21(13-16-3-2-10-27-16)17(18(23)24)14-4-6-15(7-5-14)20-19(25)22-8-11-26-12-9-22/h2-7,10,17H,8-9,11-13H2,1H3,(H,20,25)(H,23,24)/t17-/m0/s1. The van der Waals surface area contributed by atoms with E-state index in [-0.39, 0.29) is 6.03 Å². The first kappa shape index (κ1) is 18.9. The topological polar surface area (TPSA) is 95.2 Å². The number of aliphatic carboxylic acids is 1. The number of hydrogen-bond donors (Lipinski definition) is 2. The number of ether oxygens (including phenoxy) is 1. The van der Waals surface area contributed by atoms with Crippen LogP contribution in [0.1, 0.15) is 17.4 Å². The number of furan rings is 1. The van der Waals surface area contributed by atoms with Crippen molar-refractivity contribution < 1.29 is 23.8 Å². The van der Waals surface area contributed by atoms with Crippen LogP contribution in [0.3, 0.4) is 0 Å². The molecule has 0 aliphatic carbocycles. The Bertz CT molecular complexity index is 754. The number of likely N-dealkylation sites (N-methyl/N-ethyl adjacent to an activating group) is 1. The van der Waals surface area contributed by atoms with Crippen LogP contribution in [0.2, 0.25) is 0 Å². The van der Waals surface area contributed by atoms with Crippen molar-refractivity contribution in [2.75, 3.05) is 38.7 Å². The van der Waals surface area contributed by atoms with Gasteiger partial charge in [0, 0.05) is 18.8 Å². The summed E-state index contributed by atoms with van der Waals surface area (Å²) < 4.78 is 10.5. The maximum Gasteiger partial charge on any atom is 0.325 e. The summed E-state index contributed by atoms with van der Waals surface area (Å²) in [4.78, 5) is 27.4. The SMILES string of the molecule is CN(Cc1ccco1)[C@H](C(=O)O)c1ccc(NC(=O)N2CCOCC2)cc1. The monoisotopic (exact) mass is 373 g/mol. The smallest absolute Gasteiger partial charge is 0.325 e. The number of nitrogens with one attached hydrogen (secondary N) is 1. The summed E-state index contributed by atoms with van der Waals surface area (Å²) in [6.45, 7) is 2.56. The van der Waals surface area contributed by atoms with Crippen molar-refractivity contribution >= 4 is 17.7 Å². The molecule has 8 nitrogen and oxygen atoms in total. The first-order valence-electron chi connectivity index (χ1n) is 8.73. The highest BCUT2D eigenvalue weighted by Gasteiger charge is 2.25. The van der Waals surface area contributed by atoms with Gasteiger partial charge < -0.3 is 24.5 Å². The van der Waals surface area contributed by atoms with Gasteiger partial charge in [-0.1, -0.05) is 12.1 Å².